The van der Waals surface area contributed by atoms with Crippen molar-refractivity contribution in [2.45, 2.75) is 0 Å². The van der Waals surface area contributed by atoms with E-state index in [1.807, 2.05) is 0 Å². The number of hydrogen-bond donors (Lipinski definition) is 0. The molecule has 1 aromatic heterocycles. The van der Waals surface area contributed by atoms with Gasteiger partial charge in [0, 0.05) is 10.8 Å². The van der Waals surface area contributed by atoms with Gasteiger partial charge in [-0.15, -0.1) is 0 Å². The van der Waals surface area contributed by atoms with Gasteiger partial charge in [0.15, 0.2) is 0 Å². The predicted octanol–water partition coefficient (Wildman–Crippen LogP) is 14.2. The molecule has 0 radical (unpaired) electrons. The Balaban J connectivity index is 1.40. The standard InChI is InChI=1S/C50H32O/c1-4-15-33(16-5-1)36-28-30-46-45(31-36)50-43(25-14-26-47(50)51-46)49-41-23-12-10-21-39(41)48(40-22-11-13-24-42(40)49)37-27-29-38(34-17-6-2-7-18-34)44(32-37)35-19-8-3-9-20-35/h1-32H/i1D,3D,4D,5D,8D,9D,14D,15D,16D,19D,20D,25D,26D,27D,28D,29D,30D,31D,32D. The molecule has 0 saturated carbocycles. The van der Waals surface area contributed by atoms with Gasteiger partial charge in [-0.05, 0) is 101 Å². The molecule has 0 atom stereocenters. The van der Waals surface area contributed by atoms with Gasteiger partial charge in [0.2, 0.25) is 0 Å². The summed E-state index contributed by atoms with van der Waals surface area (Å²) in [7, 11) is 0. The molecule has 0 spiro atoms. The van der Waals surface area contributed by atoms with Crippen LogP contribution >= 0.6 is 0 Å². The van der Waals surface area contributed by atoms with E-state index in [1.165, 1.54) is 0 Å². The molecule has 0 aliphatic carbocycles. The largest absolute Gasteiger partial charge is 0.456 e. The fraction of sp³-hybridized carbons (Fsp3) is 0. The molecule has 0 aliphatic heterocycles. The van der Waals surface area contributed by atoms with Gasteiger partial charge in [-0.2, -0.15) is 0 Å². The normalized spacial score (nSPS) is 16.7. The van der Waals surface area contributed by atoms with Gasteiger partial charge in [-0.25, -0.2) is 0 Å². The molecule has 0 amide bonds. The zero-order valence-electron chi connectivity index (χ0n) is 45.4. The number of benzene rings is 9. The highest BCUT2D eigenvalue weighted by Gasteiger charge is 2.21. The molecule has 9 aromatic carbocycles. The maximum atomic E-state index is 10.0. The Bertz CT molecular complexity index is 3880. The summed E-state index contributed by atoms with van der Waals surface area (Å²) >= 11 is 0. The summed E-state index contributed by atoms with van der Waals surface area (Å²) in [5.41, 5.74) is -1.63. The van der Waals surface area contributed by atoms with Crippen molar-refractivity contribution >= 4 is 43.5 Å². The number of rotatable bonds is 5. The first-order valence-electron chi connectivity index (χ1n) is 25.5. The van der Waals surface area contributed by atoms with Crippen molar-refractivity contribution < 1.29 is 30.5 Å². The SMILES string of the molecule is [2H]c1c([2H])c([2H])c(-c2c([2H])c(-c3c4ccccc4c(-c4c([2H])c([2H])c([2H])c5oc6c([2H])c([2H])c(-c7c([2H])c([2H])c([2H])c([2H])c7[2H])c([2H])c6c45)c4ccccc34)c([2H])c([2H])c2-c2ccccc2)c([2H])c1[2H]. The Morgan fingerprint density at radius 3 is 1.63 bits per heavy atom. The van der Waals surface area contributed by atoms with Crippen LogP contribution in [0.5, 0.6) is 0 Å². The Morgan fingerprint density at radius 2 is 0.941 bits per heavy atom. The molecular formula is C50H32O. The van der Waals surface area contributed by atoms with Crippen LogP contribution in [0.2, 0.25) is 0 Å². The minimum atomic E-state index is -0.739. The Morgan fingerprint density at radius 1 is 0.333 bits per heavy atom. The molecule has 0 fully saturated rings. The first kappa shape index (κ1) is 15.9. The lowest BCUT2D eigenvalue weighted by molar-refractivity contribution is 0.669. The van der Waals surface area contributed by atoms with Crippen LogP contribution in [0.15, 0.2) is 198 Å². The molecule has 0 N–H and O–H groups in total. The van der Waals surface area contributed by atoms with Crippen molar-refractivity contribution in [1.82, 2.24) is 0 Å². The van der Waals surface area contributed by atoms with E-state index >= 15 is 0 Å². The number of furan rings is 1. The van der Waals surface area contributed by atoms with Crippen LogP contribution in [-0.4, -0.2) is 0 Å². The van der Waals surface area contributed by atoms with Crippen LogP contribution in [-0.2, 0) is 0 Å². The smallest absolute Gasteiger partial charge is 0.136 e. The lowest BCUT2D eigenvalue weighted by Gasteiger charge is -2.19. The molecular weight excluding hydrogens is 617 g/mol. The minimum Gasteiger partial charge on any atom is -0.456 e. The highest BCUT2D eigenvalue weighted by atomic mass is 16.3. The van der Waals surface area contributed by atoms with Gasteiger partial charge in [-0.3, -0.25) is 0 Å². The van der Waals surface area contributed by atoms with Crippen molar-refractivity contribution in [2.24, 2.45) is 0 Å². The molecule has 1 heterocycles. The van der Waals surface area contributed by atoms with E-state index in [1.54, 1.807) is 78.9 Å². The quantitative estimate of drug-likeness (QED) is 0.167. The summed E-state index contributed by atoms with van der Waals surface area (Å²) < 4.78 is 177. The van der Waals surface area contributed by atoms with E-state index in [-0.39, 0.29) is 60.9 Å². The Kier molecular flexibility index (Phi) is 3.74. The van der Waals surface area contributed by atoms with Gasteiger partial charge in [0.25, 0.3) is 0 Å². The van der Waals surface area contributed by atoms with E-state index in [2.05, 4.69) is 0 Å². The van der Waals surface area contributed by atoms with Crippen molar-refractivity contribution in [1.29, 1.82) is 0 Å². The third kappa shape index (κ3) is 4.86. The first-order valence-corrected chi connectivity index (χ1v) is 16.0. The van der Waals surface area contributed by atoms with Gasteiger partial charge >= 0.3 is 0 Å². The van der Waals surface area contributed by atoms with Gasteiger partial charge < -0.3 is 4.42 Å². The fourth-order valence-corrected chi connectivity index (χ4v) is 6.72. The second-order valence-electron chi connectivity index (χ2n) is 11.7. The summed E-state index contributed by atoms with van der Waals surface area (Å²) in [6.07, 6.45) is 0. The highest BCUT2D eigenvalue weighted by molar-refractivity contribution is 6.26. The van der Waals surface area contributed by atoms with Gasteiger partial charge in [-0.1, -0.05) is 169 Å². The summed E-state index contributed by atoms with van der Waals surface area (Å²) in [6, 6.07) is 9.97. The lowest BCUT2D eigenvalue weighted by atomic mass is 9.83. The van der Waals surface area contributed by atoms with Crippen LogP contribution in [0.3, 0.4) is 0 Å². The monoisotopic (exact) mass is 667 g/mol. The molecule has 10 aromatic rings. The molecule has 0 unspecified atom stereocenters. The zero-order chi connectivity index (χ0) is 50.3. The molecule has 1 nitrogen and oxygen atoms in total. The van der Waals surface area contributed by atoms with Crippen molar-refractivity contribution in [3.8, 4) is 55.6 Å². The molecule has 0 saturated heterocycles. The van der Waals surface area contributed by atoms with E-state index < -0.39 is 126 Å². The fourth-order valence-electron chi connectivity index (χ4n) is 6.72. The molecule has 238 valence electrons. The molecule has 0 bridgehead atoms. The second kappa shape index (κ2) is 12.0. The predicted molar refractivity (Wildman–Crippen MR) is 216 cm³/mol. The Labute approximate surface area is 323 Å². The molecule has 51 heavy (non-hydrogen) atoms. The summed E-state index contributed by atoms with van der Waals surface area (Å²) in [4.78, 5) is 0. The highest BCUT2D eigenvalue weighted by Crippen LogP contribution is 2.48. The van der Waals surface area contributed by atoms with Crippen molar-refractivity contribution in [2.75, 3.05) is 0 Å². The maximum absolute atomic E-state index is 10.0. The van der Waals surface area contributed by atoms with E-state index in [0.717, 1.165) is 0 Å². The average Bonchev–Trinajstić information content (AvgIpc) is 3.77. The third-order valence-corrected chi connectivity index (χ3v) is 8.88. The third-order valence-electron chi connectivity index (χ3n) is 8.88. The first-order chi connectivity index (χ1) is 33.2. The van der Waals surface area contributed by atoms with Crippen LogP contribution in [0.1, 0.15) is 26.0 Å². The lowest BCUT2D eigenvalue weighted by Crippen LogP contribution is -1.93. The van der Waals surface area contributed by atoms with E-state index in [0.29, 0.717) is 27.1 Å². The van der Waals surface area contributed by atoms with Crippen LogP contribution < -0.4 is 0 Å². The van der Waals surface area contributed by atoms with Gasteiger partial charge in [0.05, 0.1) is 26.0 Å². The molecule has 1 heteroatoms. The second-order valence-corrected chi connectivity index (χ2v) is 11.7. The van der Waals surface area contributed by atoms with E-state index in [9.17, 15) is 6.85 Å². The van der Waals surface area contributed by atoms with E-state index in [4.69, 9.17) is 23.6 Å². The van der Waals surface area contributed by atoms with Crippen molar-refractivity contribution in [3.63, 3.8) is 0 Å². The summed E-state index contributed by atoms with van der Waals surface area (Å²) in [5, 5.41) is 0.994. The molecule has 0 aliphatic rings. The van der Waals surface area contributed by atoms with Crippen LogP contribution in [0.4, 0.5) is 0 Å². The topological polar surface area (TPSA) is 13.1 Å². The van der Waals surface area contributed by atoms with Crippen LogP contribution in [0.25, 0.3) is 99.1 Å². The van der Waals surface area contributed by atoms with Gasteiger partial charge in [0.1, 0.15) is 11.2 Å². The summed E-state index contributed by atoms with van der Waals surface area (Å²) in [5.74, 6) is 0. The number of hydrogen-bond acceptors (Lipinski definition) is 1. The average molecular weight is 668 g/mol. The van der Waals surface area contributed by atoms with Crippen LogP contribution in [0, 0.1) is 0 Å². The van der Waals surface area contributed by atoms with Crippen molar-refractivity contribution in [3.05, 3.63) is 194 Å². The zero-order valence-corrected chi connectivity index (χ0v) is 26.4. The summed E-state index contributed by atoms with van der Waals surface area (Å²) in [6.45, 7) is 0. The number of fused-ring (bicyclic) bond motifs is 5. The molecule has 10 rings (SSSR count). The maximum Gasteiger partial charge on any atom is 0.136 e. The Hall–Kier alpha value is -6.70. The minimum absolute atomic E-state index is 0.00609.